The van der Waals surface area contributed by atoms with E-state index in [1.54, 1.807) is 20.3 Å². The molecule has 5 nitrogen and oxygen atoms in total. The van der Waals surface area contributed by atoms with Crippen molar-refractivity contribution in [3.8, 4) is 11.5 Å². The van der Waals surface area contributed by atoms with Gasteiger partial charge in [0, 0.05) is 11.6 Å². The second-order valence-corrected chi connectivity index (χ2v) is 5.66. The van der Waals surface area contributed by atoms with Crippen LogP contribution in [0.25, 0.3) is 0 Å². The molecule has 2 rings (SSSR count). The summed E-state index contributed by atoms with van der Waals surface area (Å²) in [7, 11) is 3.16. The number of nitrogens with one attached hydrogen (secondary N) is 2. The molecular formula is C18H21ClN2O3. The average Bonchev–Trinajstić information content (AvgIpc) is 2.60. The molecule has 2 aromatic carbocycles. The molecule has 0 aliphatic rings. The molecule has 0 aliphatic carbocycles. The topological polar surface area (TPSA) is 59.6 Å². The third kappa shape index (κ3) is 4.55. The third-order valence-corrected chi connectivity index (χ3v) is 4.02. The zero-order valence-corrected chi connectivity index (χ0v) is 14.7. The number of amides is 2. The van der Waals surface area contributed by atoms with Crippen LogP contribution in [-0.4, -0.2) is 20.3 Å². The Hall–Kier alpha value is -2.40. The van der Waals surface area contributed by atoms with Gasteiger partial charge in [-0.1, -0.05) is 35.9 Å². The highest BCUT2D eigenvalue weighted by Crippen LogP contribution is 2.29. The molecular weight excluding hydrogens is 328 g/mol. The Morgan fingerprint density at radius 3 is 2.50 bits per heavy atom. The second-order valence-electron chi connectivity index (χ2n) is 5.25. The summed E-state index contributed by atoms with van der Waals surface area (Å²) in [6.45, 7) is 2.26. The van der Waals surface area contributed by atoms with E-state index < -0.39 is 0 Å². The molecule has 6 heteroatoms. The molecule has 0 heterocycles. The Labute approximate surface area is 146 Å². The Morgan fingerprint density at radius 1 is 1.12 bits per heavy atom. The second kappa shape index (κ2) is 8.45. The minimum absolute atomic E-state index is 0.184. The first-order valence-corrected chi connectivity index (χ1v) is 7.92. The molecule has 0 aliphatic heterocycles. The van der Waals surface area contributed by atoms with Crippen molar-refractivity contribution in [2.45, 2.75) is 19.5 Å². The molecule has 0 bridgehead atoms. The smallest absolute Gasteiger partial charge is 0.315 e. The number of hydrogen-bond donors (Lipinski definition) is 2. The lowest BCUT2D eigenvalue weighted by Gasteiger charge is -2.17. The predicted octanol–water partition coefficient (Wildman–Crippen LogP) is 3.92. The van der Waals surface area contributed by atoms with Crippen LogP contribution < -0.4 is 20.1 Å². The van der Waals surface area contributed by atoms with Gasteiger partial charge in [0.05, 0.1) is 20.3 Å². The maximum atomic E-state index is 12.1. The Bertz CT molecular complexity index is 706. The zero-order valence-electron chi connectivity index (χ0n) is 13.9. The maximum Gasteiger partial charge on any atom is 0.315 e. The van der Waals surface area contributed by atoms with Crippen LogP contribution in [0, 0.1) is 0 Å². The summed E-state index contributed by atoms with van der Waals surface area (Å²) < 4.78 is 10.5. The number of ether oxygens (including phenoxy) is 2. The fourth-order valence-corrected chi connectivity index (χ4v) is 2.47. The molecule has 0 spiro atoms. The molecule has 0 radical (unpaired) electrons. The minimum atomic E-state index is -0.266. The summed E-state index contributed by atoms with van der Waals surface area (Å²) in [6.07, 6.45) is 0. The number of urea groups is 1. The monoisotopic (exact) mass is 348 g/mol. The molecule has 0 aromatic heterocycles. The largest absolute Gasteiger partial charge is 0.493 e. The number of methoxy groups -OCH3 is 2. The van der Waals surface area contributed by atoms with Gasteiger partial charge in [-0.2, -0.15) is 0 Å². The SMILES string of the molecule is COc1ccc(C(C)NC(=O)NCc2ccccc2Cl)cc1OC. The fourth-order valence-electron chi connectivity index (χ4n) is 2.27. The van der Waals surface area contributed by atoms with E-state index >= 15 is 0 Å². The van der Waals surface area contributed by atoms with Gasteiger partial charge in [0.25, 0.3) is 0 Å². The summed E-state index contributed by atoms with van der Waals surface area (Å²) in [6, 6.07) is 12.5. The summed E-state index contributed by atoms with van der Waals surface area (Å²) in [5, 5.41) is 6.32. The van der Waals surface area contributed by atoms with E-state index in [1.807, 2.05) is 43.3 Å². The number of carbonyl (C=O) groups is 1. The van der Waals surface area contributed by atoms with Crippen LogP contribution in [-0.2, 0) is 6.54 Å². The van der Waals surface area contributed by atoms with Gasteiger partial charge in [0.1, 0.15) is 0 Å². The van der Waals surface area contributed by atoms with E-state index in [2.05, 4.69) is 10.6 Å². The fraction of sp³-hybridized carbons (Fsp3) is 0.278. The van der Waals surface area contributed by atoms with Crippen molar-refractivity contribution in [3.63, 3.8) is 0 Å². The normalized spacial score (nSPS) is 11.5. The lowest BCUT2D eigenvalue weighted by atomic mass is 10.1. The lowest BCUT2D eigenvalue weighted by molar-refractivity contribution is 0.237. The zero-order chi connectivity index (χ0) is 17.5. The Kier molecular flexibility index (Phi) is 6.32. The van der Waals surface area contributed by atoms with Crippen LogP contribution in [0.4, 0.5) is 4.79 Å². The van der Waals surface area contributed by atoms with Crippen LogP contribution in [0.1, 0.15) is 24.1 Å². The van der Waals surface area contributed by atoms with Crippen molar-refractivity contribution in [1.29, 1.82) is 0 Å². The number of benzene rings is 2. The van der Waals surface area contributed by atoms with Gasteiger partial charge in [0.15, 0.2) is 11.5 Å². The van der Waals surface area contributed by atoms with Gasteiger partial charge in [-0.05, 0) is 36.2 Å². The molecule has 24 heavy (non-hydrogen) atoms. The number of rotatable bonds is 6. The van der Waals surface area contributed by atoms with E-state index in [9.17, 15) is 4.79 Å². The molecule has 2 amide bonds. The van der Waals surface area contributed by atoms with Crippen LogP contribution in [0.5, 0.6) is 11.5 Å². The van der Waals surface area contributed by atoms with Crippen molar-refractivity contribution >= 4 is 17.6 Å². The van der Waals surface area contributed by atoms with Gasteiger partial charge < -0.3 is 20.1 Å². The van der Waals surface area contributed by atoms with Gasteiger partial charge in [0.2, 0.25) is 0 Å². The predicted molar refractivity (Wildman–Crippen MR) is 94.8 cm³/mol. The van der Waals surface area contributed by atoms with Crippen molar-refractivity contribution in [3.05, 3.63) is 58.6 Å². The lowest BCUT2D eigenvalue weighted by Crippen LogP contribution is -2.36. The first-order chi connectivity index (χ1) is 11.5. The van der Waals surface area contributed by atoms with Gasteiger partial charge in [-0.25, -0.2) is 4.79 Å². The van der Waals surface area contributed by atoms with Crippen LogP contribution in [0.2, 0.25) is 5.02 Å². The standard InChI is InChI=1S/C18H21ClN2O3/c1-12(13-8-9-16(23-2)17(10-13)24-3)21-18(22)20-11-14-6-4-5-7-15(14)19/h4-10,12H,11H2,1-3H3,(H2,20,21,22). The molecule has 1 atom stereocenters. The van der Waals surface area contributed by atoms with Crippen LogP contribution >= 0.6 is 11.6 Å². The molecule has 1 unspecified atom stereocenters. The van der Waals surface area contributed by atoms with Gasteiger partial charge in [-0.15, -0.1) is 0 Å². The number of halogens is 1. The summed E-state index contributed by atoms with van der Waals surface area (Å²) >= 11 is 6.07. The van der Waals surface area contributed by atoms with Crippen molar-refractivity contribution in [2.75, 3.05) is 14.2 Å². The highest BCUT2D eigenvalue weighted by Gasteiger charge is 2.12. The van der Waals surface area contributed by atoms with Crippen molar-refractivity contribution in [1.82, 2.24) is 10.6 Å². The number of carbonyl (C=O) groups excluding carboxylic acids is 1. The molecule has 0 fully saturated rings. The third-order valence-electron chi connectivity index (χ3n) is 3.65. The minimum Gasteiger partial charge on any atom is -0.493 e. The maximum absolute atomic E-state index is 12.1. The first kappa shape index (κ1) is 17.9. The highest BCUT2D eigenvalue weighted by molar-refractivity contribution is 6.31. The first-order valence-electron chi connectivity index (χ1n) is 7.55. The van der Waals surface area contributed by atoms with Crippen molar-refractivity contribution in [2.24, 2.45) is 0 Å². The quantitative estimate of drug-likeness (QED) is 0.831. The van der Waals surface area contributed by atoms with Gasteiger partial charge in [-0.3, -0.25) is 0 Å². The Balaban J connectivity index is 1.95. The van der Waals surface area contributed by atoms with E-state index in [1.165, 1.54) is 0 Å². The summed E-state index contributed by atoms with van der Waals surface area (Å²) in [5.74, 6) is 1.27. The van der Waals surface area contributed by atoms with Gasteiger partial charge >= 0.3 is 6.03 Å². The van der Waals surface area contributed by atoms with Crippen LogP contribution in [0.15, 0.2) is 42.5 Å². The van der Waals surface area contributed by atoms with Crippen LogP contribution in [0.3, 0.4) is 0 Å². The molecule has 2 N–H and O–H groups in total. The molecule has 0 saturated carbocycles. The molecule has 0 saturated heterocycles. The highest BCUT2D eigenvalue weighted by atomic mass is 35.5. The summed E-state index contributed by atoms with van der Waals surface area (Å²) in [5.41, 5.74) is 1.79. The molecule has 2 aromatic rings. The van der Waals surface area contributed by atoms with E-state index in [4.69, 9.17) is 21.1 Å². The summed E-state index contributed by atoms with van der Waals surface area (Å²) in [4.78, 5) is 12.1. The van der Waals surface area contributed by atoms with Crippen molar-refractivity contribution < 1.29 is 14.3 Å². The Morgan fingerprint density at radius 2 is 1.83 bits per heavy atom. The molecule has 128 valence electrons. The number of hydrogen-bond acceptors (Lipinski definition) is 3. The van der Waals surface area contributed by atoms with E-state index in [0.29, 0.717) is 23.1 Å². The van der Waals surface area contributed by atoms with E-state index in [0.717, 1.165) is 11.1 Å². The van der Waals surface area contributed by atoms with E-state index in [-0.39, 0.29) is 12.1 Å². The average molecular weight is 349 g/mol.